The summed E-state index contributed by atoms with van der Waals surface area (Å²) in [5.74, 6) is -6.48. The van der Waals surface area contributed by atoms with Crippen molar-refractivity contribution in [3.63, 3.8) is 0 Å². The van der Waals surface area contributed by atoms with E-state index in [1.807, 2.05) is 0 Å². The molecule has 1 fully saturated rings. The molecule has 0 aliphatic heterocycles. The number of ketones is 2. The first-order chi connectivity index (χ1) is 18.8. The first-order valence-electron chi connectivity index (χ1n) is 13.1. The number of hydrogen-bond donors (Lipinski definition) is 8. The van der Waals surface area contributed by atoms with Gasteiger partial charge >= 0.3 is 0 Å². The van der Waals surface area contributed by atoms with Crippen LogP contribution in [0.1, 0.15) is 30.0 Å². The third-order valence-corrected chi connectivity index (χ3v) is 8.70. The molecule has 0 bridgehead atoms. The van der Waals surface area contributed by atoms with Crippen LogP contribution in [0.3, 0.4) is 0 Å². The number of nitrogens with zero attached hydrogens (tertiary/aromatic N) is 1. The summed E-state index contributed by atoms with van der Waals surface area (Å²) >= 11 is 0. The largest absolute Gasteiger partial charge is 0.510 e. The van der Waals surface area contributed by atoms with E-state index in [-0.39, 0.29) is 24.4 Å². The Morgan fingerprint density at radius 3 is 2.30 bits per heavy atom. The van der Waals surface area contributed by atoms with Gasteiger partial charge in [0.25, 0.3) is 5.91 Å². The van der Waals surface area contributed by atoms with E-state index in [4.69, 9.17) is 0 Å². The van der Waals surface area contributed by atoms with E-state index in [0.717, 1.165) is 0 Å². The van der Waals surface area contributed by atoms with Gasteiger partial charge in [0.2, 0.25) is 0 Å². The minimum atomic E-state index is -1.55. The maximum atomic E-state index is 14.0. The Morgan fingerprint density at radius 2 is 1.73 bits per heavy atom. The van der Waals surface area contributed by atoms with Gasteiger partial charge in [-0.3, -0.25) is 24.6 Å². The second-order valence-electron chi connectivity index (χ2n) is 11.3. The Kier molecular flexibility index (Phi) is 7.98. The summed E-state index contributed by atoms with van der Waals surface area (Å²) in [7, 11) is 3.27. The van der Waals surface area contributed by atoms with E-state index in [1.54, 1.807) is 51.0 Å². The Balaban J connectivity index is 1.75. The highest BCUT2D eigenvalue weighted by molar-refractivity contribution is 6.28. The number of aryl methyl sites for hydroxylation is 1. The predicted molar refractivity (Wildman–Crippen MR) is 143 cm³/mol. The van der Waals surface area contributed by atoms with Gasteiger partial charge in [0.05, 0.1) is 49.6 Å². The van der Waals surface area contributed by atoms with E-state index in [2.05, 4.69) is 10.6 Å². The molecular formula is C28H37N3O9. The molecule has 1 amide bonds. The number of hydrogen-bond acceptors (Lipinski definition) is 11. The van der Waals surface area contributed by atoms with Crippen molar-refractivity contribution in [2.75, 3.05) is 40.6 Å². The second-order valence-corrected chi connectivity index (χ2v) is 11.3. The fourth-order valence-corrected chi connectivity index (χ4v) is 6.41. The zero-order chi connectivity index (χ0) is 29.7. The molecule has 1 saturated carbocycles. The van der Waals surface area contributed by atoms with Crippen LogP contribution in [0.2, 0.25) is 0 Å². The van der Waals surface area contributed by atoms with Crippen molar-refractivity contribution in [3.8, 4) is 0 Å². The van der Waals surface area contributed by atoms with Crippen LogP contribution in [0.4, 0.5) is 0 Å². The molecule has 3 aliphatic carbocycles. The van der Waals surface area contributed by atoms with Gasteiger partial charge < -0.3 is 36.0 Å². The number of aliphatic hydroxyl groups excluding tert-OH is 5. The van der Waals surface area contributed by atoms with Gasteiger partial charge in [-0.2, -0.15) is 0 Å². The maximum absolute atomic E-state index is 14.0. The van der Waals surface area contributed by atoms with Crippen molar-refractivity contribution >= 4 is 23.2 Å². The molecule has 0 radical (unpaired) electrons. The van der Waals surface area contributed by atoms with E-state index in [9.17, 15) is 45.0 Å². The lowest BCUT2D eigenvalue weighted by molar-refractivity contribution is -0.140. The van der Waals surface area contributed by atoms with E-state index in [0.29, 0.717) is 16.7 Å². The third kappa shape index (κ3) is 4.44. The monoisotopic (exact) mass is 559 g/mol. The zero-order valence-electron chi connectivity index (χ0n) is 22.9. The molecule has 2 unspecified atom stereocenters. The highest BCUT2D eigenvalue weighted by atomic mass is 16.3. The summed E-state index contributed by atoms with van der Waals surface area (Å²) in [5, 5.41) is 67.6. The molecule has 1 aromatic rings. The Labute approximate surface area is 231 Å². The van der Waals surface area contributed by atoms with Gasteiger partial charge in [-0.15, -0.1) is 0 Å². The molecule has 0 saturated heterocycles. The van der Waals surface area contributed by atoms with Crippen LogP contribution in [-0.2, 0) is 20.0 Å². The Bertz CT molecular complexity index is 1290. The minimum Gasteiger partial charge on any atom is -0.510 e. The molecule has 3 aliphatic rings. The van der Waals surface area contributed by atoms with E-state index < -0.39 is 83.6 Å². The van der Waals surface area contributed by atoms with Crippen molar-refractivity contribution in [1.29, 1.82) is 0 Å². The summed E-state index contributed by atoms with van der Waals surface area (Å²) in [6.07, 6.45) is 0.0807. The van der Waals surface area contributed by atoms with Crippen molar-refractivity contribution in [2.24, 2.45) is 17.8 Å². The summed E-state index contributed by atoms with van der Waals surface area (Å²) in [5.41, 5.74) is -2.29. The van der Waals surface area contributed by atoms with Gasteiger partial charge in [-0.25, -0.2) is 0 Å². The number of aliphatic hydroxyl groups is 6. The van der Waals surface area contributed by atoms with Gasteiger partial charge in [0, 0.05) is 17.1 Å². The fraction of sp³-hybridized carbons (Fsp3) is 0.536. The average Bonchev–Trinajstić information content (AvgIpc) is 2.89. The standard InChI is InChI=1S/C28H37N3O9/c1-13-6-5-7-15-17(13)22(35)19-16(27(15,2)40)8-14-18(23(19)36)24(37)20(25(38)21(14)31(3)4)26(39)29-12-30-28(9-32,10-33)11-34/h5-7,14,16,18,21,30,32-35,38,40H,8-12H2,1-4H3,(H,29,39)/t14-,16+,18?,21+,27?/m1/s1. The lowest BCUT2D eigenvalue weighted by Gasteiger charge is -2.50. The normalized spacial score (nSPS) is 28.4. The maximum Gasteiger partial charge on any atom is 0.259 e. The van der Waals surface area contributed by atoms with Crippen LogP contribution in [0.5, 0.6) is 0 Å². The van der Waals surface area contributed by atoms with Crippen LogP contribution < -0.4 is 10.6 Å². The number of rotatable bonds is 8. The summed E-state index contributed by atoms with van der Waals surface area (Å²) in [6.45, 7) is 0.998. The highest BCUT2D eigenvalue weighted by Gasteiger charge is 2.59. The summed E-state index contributed by atoms with van der Waals surface area (Å²) in [4.78, 5) is 42.5. The van der Waals surface area contributed by atoms with Crippen LogP contribution in [0.15, 0.2) is 35.1 Å². The molecule has 0 spiro atoms. The minimum absolute atomic E-state index is 0.0691. The first kappa shape index (κ1) is 29.8. The lowest BCUT2D eigenvalue weighted by Crippen LogP contribution is -2.59. The first-order valence-corrected chi connectivity index (χ1v) is 13.1. The number of nitrogens with one attached hydrogen (secondary N) is 2. The molecule has 0 aromatic heterocycles. The summed E-state index contributed by atoms with van der Waals surface area (Å²) in [6, 6.07) is 4.26. The van der Waals surface area contributed by atoms with Crippen LogP contribution in [0.25, 0.3) is 5.76 Å². The SMILES string of the molecule is Cc1cccc2c1C(O)=C1C(=O)C3C(=O)C(C(=O)NCNC(CO)(CO)CO)=C(O)[C@@H](N(C)C)[C@@H]3C[C@@H]1C2(C)O. The zero-order valence-corrected chi connectivity index (χ0v) is 22.9. The van der Waals surface area contributed by atoms with Gasteiger partial charge in [-0.1, -0.05) is 18.2 Å². The second kappa shape index (κ2) is 10.7. The molecule has 4 rings (SSSR count). The average molecular weight is 560 g/mol. The van der Waals surface area contributed by atoms with Crippen LogP contribution >= 0.6 is 0 Å². The van der Waals surface area contributed by atoms with Crippen molar-refractivity contribution in [3.05, 3.63) is 51.8 Å². The number of Topliss-reactive ketones (excluding diaryl/α,β-unsaturated/α-hetero) is 2. The molecule has 8 N–H and O–H groups in total. The number of carbonyl (C=O) groups is 3. The Morgan fingerprint density at radius 1 is 1.10 bits per heavy atom. The topological polar surface area (TPSA) is 200 Å². The molecular weight excluding hydrogens is 522 g/mol. The molecule has 40 heavy (non-hydrogen) atoms. The van der Waals surface area contributed by atoms with Crippen LogP contribution in [0, 0.1) is 24.7 Å². The summed E-state index contributed by atoms with van der Waals surface area (Å²) < 4.78 is 0. The third-order valence-electron chi connectivity index (χ3n) is 8.70. The quantitative estimate of drug-likeness (QED) is 0.110. The molecule has 1 aromatic carbocycles. The van der Waals surface area contributed by atoms with Crippen molar-refractivity contribution < 1.29 is 45.0 Å². The molecule has 12 heteroatoms. The number of amides is 1. The van der Waals surface area contributed by atoms with Crippen LogP contribution in [-0.4, -0.2) is 105 Å². The lowest BCUT2D eigenvalue weighted by atomic mass is 9.56. The predicted octanol–water partition coefficient (Wildman–Crippen LogP) is -0.989. The highest BCUT2D eigenvalue weighted by Crippen LogP contribution is 2.54. The fourth-order valence-electron chi connectivity index (χ4n) is 6.41. The number of benzene rings is 1. The van der Waals surface area contributed by atoms with Crippen molar-refractivity contribution in [1.82, 2.24) is 15.5 Å². The number of fused-ring (bicyclic) bond motifs is 3. The smallest absolute Gasteiger partial charge is 0.259 e. The van der Waals surface area contributed by atoms with Crippen molar-refractivity contribution in [2.45, 2.75) is 37.5 Å². The van der Waals surface area contributed by atoms with E-state index >= 15 is 0 Å². The van der Waals surface area contributed by atoms with Gasteiger partial charge in [-0.05, 0) is 51.4 Å². The molecule has 218 valence electrons. The Hall–Kier alpha value is -3.13. The molecule has 5 atom stereocenters. The number of likely N-dealkylation sites (N-methyl/N-ethyl adjacent to an activating group) is 1. The molecule has 0 heterocycles. The van der Waals surface area contributed by atoms with E-state index in [1.165, 1.54) is 0 Å². The van der Waals surface area contributed by atoms with Gasteiger partial charge in [0.1, 0.15) is 17.1 Å². The molecule has 12 nitrogen and oxygen atoms in total. The van der Waals surface area contributed by atoms with Gasteiger partial charge in [0.15, 0.2) is 11.6 Å². The number of carbonyl (C=O) groups excluding carboxylic acids is 3.